The molecule has 0 bridgehead atoms. The largest absolute Gasteiger partial charge is 0.507 e. The van der Waals surface area contributed by atoms with Gasteiger partial charge in [0.15, 0.2) is 5.13 Å². The van der Waals surface area contributed by atoms with Crippen molar-refractivity contribution in [1.29, 1.82) is 0 Å². The van der Waals surface area contributed by atoms with E-state index in [4.69, 9.17) is 0 Å². The van der Waals surface area contributed by atoms with E-state index >= 15 is 0 Å². The smallest absolute Gasteiger partial charge is 0.301 e. The standard InChI is InChI=1S/C22H17N3O5S/c1-12-6-7-13(2)16(10-12)19(26)17-18(14-4-3-5-15(11-14)25(29)30)24(21(28)20(17)27)22-23-8-9-31-22/h3-11,18,26H,1-2H3/b19-17+. The van der Waals surface area contributed by atoms with Crippen molar-refractivity contribution in [3.63, 3.8) is 0 Å². The lowest BCUT2D eigenvalue weighted by atomic mass is 9.93. The highest BCUT2D eigenvalue weighted by Crippen LogP contribution is 2.43. The molecule has 3 aromatic rings. The van der Waals surface area contributed by atoms with E-state index in [2.05, 4.69) is 4.98 Å². The molecule has 0 aliphatic carbocycles. The summed E-state index contributed by atoms with van der Waals surface area (Å²) in [5.74, 6) is -2.04. The lowest BCUT2D eigenvalue weighted by Gasteiger charge is -2.23. The number of thiazole rings is 1. The zero-order valence-corrected chi connectivity index (χ0v) is 17.4. The van der Waals surface area contributed by atoms with Gasteiger partial charge in [0.1, 0.15) is 5.76 Å². The first-order valence-electron chi connectivity index (χ1n) is 9.32. The molecule has 9 heteroatoms. The van der Waals surface area contributed by atoms with Crippen LogP contribution >= 0.6 is 11.3 Å². The maximum Gasteiger partial charge on any atom is 0.301 e. The minimum atomic E-state index is -1.05. The molecule has 1 atom stereocenters. The number of nitro benzene ring substituents is 1. The minimum absolute atomic E-state index is 0.130. The molecule has 2 heterocycles. The highest BCUT2D eigenvalue weighted by atomic mass is 32.1. The summed E-state index contributed by atoms with van der Waals surface area (Å²) in [7, 11) is 0. The predicted octanol–water partition coefficient (Wildman–Crippen LogP) is 4.29. The number of amides is 1. The first-order valence-corrected chi connectivity index (χ1v) is 10.2. The van der Waals surface area contributed by atoms with Gasteiger partial charge in [0.25, 0.3) is 11.5 Å². The van der Waals surface area contributed by atoms with Gasteiger partial charge in [0.05, 0.1) is 16.5 Å². The molecule has 1 aliphatic heterocycles. The number of aryl methyl sites for hydroxylation is 2. The van der Waals surface area contributed by atoms with E-state index in [1.54, 1.807) is 24.4 Å². The highest BCUT2D eigenvalue weighted by Gasteiger charge is 2.48. The fourth-order valence-electron chi connectivity index (χ4n) is 3.62. The van der Waals surface area contributed by atoms with Crippen LogP contribution in [0.2, 0.25) is 0 Å². The number of Topliss-reactive ketones (excluding diaryl/α,β-unsaturated/α-hetero) is 1. The third kappa shape index (κ3) is 3.49. The normalized spacial score (nSPS) is 17.9. The molecule has 0 radical (unpaired) electrons. The van der Waals surface area contributed by atoms with Crippen LogP contribution in [0.5, 0.6) is 0 Å². The molecule has 31 heavy (non-hydrogen) atoms. The van der Waals surface area contributed by atoms with Crippen LogP contribution in [-0.4, -0.2) is 26.7 Å². The number of ketones is 1. The van der Waals surface area contributed by atoms with Crippen molar-refractivity contribution < 1.29 is 19.6 Å². The molecule has 1 N–H and O–H groups in total. The predicted molar refractivity (Wildman–Crippen MR) is 116 cm³/mol. The minimum Gasteiger partial charge on any atom is -0.507 e. The van der Waals surface area contributed by atoms with Gasteiger partial charge in [-0.25, -0.2) is 4.98 Å². The average Bonchev–Trinajstić information content (AvgIpc) is 3.36. The number of aliphatic hydroxyl groups is 1. The third-order valence-corrected chi connectivity index (χ3v) is 5.89. The summed E-state index contributed by atoms with van der Waals surface area (Å²) in [6.45, 7) is 3.64. The van der Waals surface area contributed by atoms with Crippen molar-refractivity contribution in [3.8, 4) is 0 Å². The Hall–Kier alpha value is -3.85. The molecule has 1 amide bonds. The molecule has 1 unspecified atom stereocenters. The molecule has 4 rings (SSSR count). The van der Waals surface area contributed by atoms with Crippen molar-refractivity contribution in [2.75, 3.05) is 4.90 Å². The molecule has 2 aromatic carbocycles. The average molecular weight is 435 g/mol. The second-order valence-corrected chi connectivity index (χ2v) is 8.03. The van der Waals surface area contributed by atoms with Gasteiger partial charge in [0, 0.05) is 29.3 Å². The summed E-state index contributed by atoms with van der Waals surface area (Å²) >= 11 is 1.15. The zero-order valence-electron chi connectivity index (χ0n) is 16.6. The van der Waals surface area contributed by atoms with Crippen molar-refractivity contribution in [1.82, 2.24) is 4.98 Å². The fourth-order valence-corrected chi connectivity index (χ4v) is 4.29. The van der Waals surface area contributed by atoms with Crippen LogP contribution in [0.3, 0.4) is 0 Å². The van der Waals surface area contributed by atoms with Crippen molar-refractivity contribution in [2.24, 2.45) is 0 Å². The molecule has 0 saturated carbocycles. The number of anilines is 1. The Morgan fingerprint density at radius 3 is 2.65 bits per heavy atom. The molecule has 1 aromatic heterocycles. The number of aromatic nitrogens is 1. The van der Waals surface area contributed by atoms with Crippen LogP contribution in [0.4, 0.5) is 10.8 Å². The number of aliphatic hydroxyl groups excluding tert-OH is 1. The SMILES string of the molecule is Cc1ccc(C)c(/C(O)=C2\C(=O)C(=O)N(c3nccs3)C2c2cccc([N+](=O)[O-])c2)c1. The van der Waals surface area contributed by atoms with E-state index in [1.807, 2.05) is 19.1 Å². The van der Waals surface area contributed by atoms with E-state index in [1.165, 1.54) is 29.3 Å². The van der Waals surface area contributed by atoms with Gasteiger partial charge in [-0.3, -0.25) is 24.6 Å². The van der Waals surface area contributed by atoms with Gasteiger partial charge in [-0.2, -0.15) is 0 Å². The summed E-state index contributed by atoms with van der Waals surface area (Å²) in [6.07, 6.45) is 1.49. The van der Waals surface area contributed by atoms with Gasteiger partial charge in [-0.15, -0.1) is 11.3 Å². The number of hydrogen-bond acceptors (Lipinski definition) is 7. The van der Waals surface area contributed by atoms with Crippen LogP contribution in [0.15, 0.2) is 59.6 Å². The van der Waals surface area contributed by atoms with Crippen LogP contribution in [-0.2, 0) is 9.59 Å². The van der Waals surface area contributed by atoms with E-state index in [-0.39, 0.29) is 22.2 Å². The van der Waals surface area contributed by atoms with E-state index < -0.39 is 22.7 Å². The van der Waals surface area contributed by atoms with E-state index in [9.17, 15) is 24.8 Å². The molecular weight excluding hydrogens is 418 g/mol. The van der Waals surface area contributed by atoms with Crippen LogP contribution in [0, 0.1) is 24.0 Å². The van der Waals surface area contributed by atoms with Gasteiger partial charge in [-0.05, 0) is 31.0 Å². The maximum atomic E-state index is 13.1. The Morgan fingerprint density at radius 1 is 1.19 bits per heavy atom. The number of benzene rings is 2. The fraction of sp³-hybridized carbons (Fsp3) is 0.136. The molecule has 156 valence electrons. The Balaban J connectivity index is 1.99. The number of rotatable bonds is 4. The van der Waals surface area contributed by atoms with E-state index in [0.717, 1.165) is 22.5 Å². The van der Waals surface area contributed by atoms with Crippen molar-refractivity contribution >= 4 is 39.6 Å². The second kappa shape index (κ2) is 7.77. The summed E-state index contributed by atoms with van der Waals surface area (Å²) in [6, 6.07) is 10.0. The van der Waals surface area contributed by atoms with Gasteiger partial charge in [0.2, 0.25) is 0 Å². The molecule has 8 nitrogen and oxygen atoms in total. The number of carbonyl (C=O) groups excluding carboxylic acids is 2. The number of nitro groups is 1. The quantitative estimate of drug-likeness (QED) is 0.215. The van der Waals surface area contributed by atoms with E-state index in [0.29, 0.717) is 11.1 Å². The Morgan fingerprint density at radius 2 is 1.97 bits per heavy atom. The summed E-state index contributed by atoms with van der Waals surface area (Å²) in [4.78, 5) is 42.1. The van der Waals surface area contributed by atoms with Crippen LogP contribution in [0.25, 0.3) is 5.76 Å². The summed E-state index contributed by atoms with van der Waals surface area (Å²) in [5.41, 5.74) is 2.03. The second-order valence-electron chi connectivity index (χ2n) is 7.15. The first-order chi connectivity index (χ1) is 14.8. The lowest BCUT2D eigenvalue weighted by molar-refractivity contribution is -0.384. The number of nitrogens with zero attached hydrogens (tertiary/aromatic N) is 3. The molecule has 1 fully saturated rings. The van der Waals surface area contributed by atoms with Crippen LogP contribution in [0.1, 0.15) is 28.3 Å². The number of non-ortho nitro benzene ring substituents is 1. The maximum absolute atomic E-state index is 13.1. The number of carbonyl (C=O) groups is 2. The lowest BCUT2D eigenvalue weighted by Crippen LogP contribution is -2.29. The molecule has 1 saturated heterocycles. The van der Waals surface area contributed by atoms with Crippen molar-refractivity contribution in [3.05, 3.63) is 92.0 Å². The molecule has 0 spiro atoms. The Kier molecular flexibility index (Phi) is 5.12. The van der Waals surface area contributed by atoms with Crippen LogP contribution < -0.4 is 4.90 Å². The van der Waals surface area contributed by atoms with Gasteiger partial charge in [-0.1, -0.05) is 29.8 Å². The first kappa shape index (κ1) is 20.4. The summed E-state index contributed by atoms with van der Waals surface area (Å²) in [5, 5.41) is 24.4. The Labute approximate surface area is 181 Å². The number of hydrogen-bond donors (Lipinski definition) is 1. The van der Waals surface area contributed by atoms with Crippen molar-refractivity contribution in [2.45, 2.75) is 19.9 Å². The zero-order chi connectivity index (χ0) is 22.3. The summed E-state index contributed by atoms with van der Waals surface area (Å²) < 4.78 is 0. The third-order valence-electron chi connectivity index (χ3n) is 5.11. The molecule has 1 aliphatic rings. The van der Waals surface area contributed by atoms with Gasteiger partial charge < -0.3 is 5.11 Å². The highest BCUT2D eigenvalue weighted by molar-refractivity contribution is 7.14. The van der Waals surface area contributed by atoms with Gasteiger partial charge >= 0.3 is 5.91 Å². The Bertz CT molecular complexity index is 1250. The topological polar surface area (TPSA) is 114 Å². The molecular formula is C22H17N3O5S. The monoisotopic (exact) mass is 435 g/mol.